The Hall–Kier alpha value is -3.24. The molecule has 0 aliphatic carbocycles. The fraction of sp³-hybridized carbons (Fsp3) is 0.0870. The average molecular weight is 389 g/mol. The molecule has 0 N–H and O–H groups in total. The van der Waals surface area contributed by atoms with Gasteiger partial charge in [0, 0.05) is 17.0 Å². The molecule has 0 saturated carbocycles. The van der Waals surface area contributed by atoms with Crippen LogP contribution in [-0.2, 0) is 0 Å². The quantitative estimate of drug-likeness (QED) is 0.398. The lowest BCUT2D eigenvalue weighted by atomic mass is 10.1. The molecule has 2 aromatic heterocycles. The van der Waals surface area contributed by atoms with Crippen molar-refractivity contribution in [3.05, 3.63) is 102 Å². The van der Waals surface area contributed by atoms with Crippen molar-refractivity contribution in [3.8, 4) is 11.3 Å². The van der Waals surface area contributed by atoms with Crippen LogP contribution < -0.4 is 5.01 Å². The van der Waals surface area contributed by atoms with Crippen LogP contribution >= 0.6 is 11.6 Å². The van der Waals surface area contributed by atoms with Gasteiger partial charge < -0.3 is 8.83 Å². The first-order valence-electron chi connectivity index (χ1n) is 9.09. The third-order valence-corrected chi connectivity index (χ3v) is 5.07. The molecular formula is C23H17ClN2O2. The molecule has 0 bridgehead atoms. The number of furan rings is 2. The maximum absolute atomic E-state index is 6.22. The minimum Gasteiger partial charge on any atom is -0.463 e. The first-order valence-corrected chi connectivity index (χ1v) is 9.47. The maximum atomic E-state index is 6.22. The van der Waals surface area contributed by atoms with E-state index in [-0.39, 0.29) is 6.04 Å². The molecule has 1 unspecified atom stereocenters. The highest BCUT2D eigenvalue weighted by molar-refractivity contribution is 6.30. The Morgan fingerprint density at radius 1 is 0.857 bits per heavy atom. The van der Waals surface area contributed by atoms with Crippen LogP contribution in [-0.4, -0.2) is 5.71 Å². The van der Waals surface area contributed by atoms with E-state index in [2.05, 4.69) is 0 Å². The molecule has 1 aliphatic heterocycles. The van der Waals surface area contributed by atoms with Crippen molar-refractivity contribution >= 4 is 23.0 Å². The van der Waals surface area contributed by atoms with Crippen LogP contribution in [0.3, 0.4) is 0 Å². The third-order valence-electron chi connectivity index (χ3n) is 4.82. The van der Waals surface area contributed by atoms with Gasteiger partial charge in [0.2, 0.25) is 0 Å². The molecule has 2 aromatic carbocycles. The highest BCUT2D eigenvalue weighted by atomic mass is 35.5. The fourth-order valence-electron chi connectivity index (χ4n) is 3.44. The molecule has 3 heterocycles. The van der Waals surface area contributed by atoms with Gasteiger partial charge in [-0.1, -0.05) is 29.8 Å². The molecular weight excluding hydrogens is 372 g/mol. The van der Waals surface area contributed by atoms with Crippen molar-refractivity contribution in [3.63, 3.8) is 0 Å². The Balaban J connectivity index is 1.50. The number of benzene rings is 2. The smallest absolute Gasteiger partial charge is 0.149 e. The highest BCUT2D eigenvalue weighted by Crippen LogP contribution is 2.38. The molecule has 4 nitrogen and oxygen atoms in total. The lowest BCUT2D eigenvalue weighted by Crippen LogP contribution is -2.17. The fourth-order valence-corrected chi connectivity index (χ4v) is 3.57. The summed E-state index contributed by atoms with van der Waals surface area (Å²) in [4.78, 5) is 0. The molecule has 5 heteroatoms. The summed E-state index contributed by atoms with van der Waals surface area (Å²) in [6, 6.07) is 25.5. The van der Waals surface area contributed by atoms with E-state index >= 15 is 0 Å². The van der Waals surface area contributed by atoms with E-state index in [0.29, 0.717) is 11.4 Å². The number of anilines is 1. The van der Waals surface area contributed by atoms with Gasteiger partial charge in [0.05, 0.1) is 12.0 Å². The van der Waals surface area contributed by atoms with Crippen LogP contribution in [0.15, 0.2) is 99.1 Å². The van der Waals surface area contributed by atoms with Crippen LogP contribution in [0.1, 0.15) is 24.0 Å². The van der Waals surface area contributed by atoms with Gasteiger partial charge in [-0.05, 0) is 60.7 Å². The molecule has 138 valence electrons. The second-order valence-corrected chi connectivity index (χ2v) is 7.07. The molecule has 4 aromatic rings. The first kappa shape index (κ1) is 16.9. The van der Waals surface area contributed by atoms with Gasteiger partial charge in [0.15, 0.2) is 0 Å². The lowest BCUT2D eigenvalue weighted by molar-refractivity contribution is 0.474. The molecule has 5 rings (SSSR count). The zero-order valence-corrected chi connectivity index (χ0v) is 15.7. The van der Waals surface area contributed by atoms with Crippen molar-refractivity contribution in [2.75, 3.05) is 5.01 Å². The molecule has 1 atom stereocenters. The Morgan fingerprint density at radius 2 is 1.68 bits per heavy atom. The Kier molecular flexibility index (Phi) is 4.26. The number of hydrazone groups is 1. The predicted octanol–water partition coefficient (Wildman–Crippen LogP) is 6.55. The maximum Gasteiger partial charge on any atom is 0.149 e. The zero-order chi connectivity index (χ0) is 18.9. The van der Waals surface area contributed by atoms with Gasteiger partial charge in [0.25, 0.3) is 0 Å². The van der Waals surface area contributed by atoms with E-state index in [9.17, 15) is 0 Å². The number of para-hydroxylation sites is 1. The monoisotopic (exact) mass is 388 g/mol. The Morgan fingerprint density at radius 3 is 2.43 bits per heavy atom. The second-order valence-electron chi connectivity index (χ2n) is 6.63. The topological polar surface area (TPSA) is 41.9 Å². The normalized spacial score (nSPS) is 16.4. The van der Waals surface area contributed by atoms with Crippen molar-refractivity contribution in [1.29, 1.82) is 0 Å². The number of halogens is 1. The summed E-state index contributed by atoms with van der Waals surface area (Å²) < 4.78 is 11.8. The van der Waals surface area contributed by atoms with Crippen LogP contribution in [0.4, 0.5) is 5.69 Å². The predicted molar refractivity (Wildman–Crippen MR) is 111 cm³/mol. The third kappa shape index (κ3) is 3.12. The van der Waals surface area contributed by atoms with Gasteiger partial charge in [-0.2, -0.15) is 5.10 Å². The van der Waals surface area contributed by atoms with E-state index in [1.165, 1.54) is 0 Å². The standard InChI is InChI=1S/C23H17ClN2O2/c24-17-10-8-16(9-11-17)21-12-13-23(28-21)20-15-19(22-7-4-14-27-22)25-26(20)18-5-2-1-3-6-18/h1-14,20H,15H2. The number of hydrogen-bond acceptors (Lipinski definition) is 4. The largest absolute Gasteiger partial charge is 0.463 e. The van der Waals surface area contributed by atoms with E-state index in [1.54, 1.807) is 6.26 Å². The van der Waals surface area contributed by atoms with Crippen LogP contribution in [0.25, 0.3) is 11.3 Å². The van der Waals surface area contributed by atoms with E-state index in [4.69, 9.17) is 25.5 Å². The number of hydrogen-bond donors (Lipinski definition) is 0. The van der Waals surface area contributed by atoms with Gasteiger partial charge in [0.1, 0.15) is 29.0 Å². The van der Waals surface area contributed by atoms with Gasteiger partial charge in [-0.3, -0.25) is 5.01 Å². The lowest BCUT2D eigenvalue weighted by Gasteiger charge is -2.21. The molecule has 0 spiro atoms. The molecule has 0 amide bonds. The molecule has 0 radical (unpaired) electrons. The Bertz CT molecular complexity index is 1100. The summed E-state index contributed by atoms with van der Waals surface area (Å²) in [5.41, 5.74) is 2.91. The summed E-state index contributed by atoms with van der Waals surface area (Å²) in [7, 11) is 0. The second kappa shape index (κ2) is 7.06. The van der Waals surface area contributed by atoms with Crippen molar-refractivity contribution in [1.82, 2.24) is 0 Å². The summed E-state index contributed by atoms with van der Waals surface area (Å²) in [5, 5.41) is 7.54. The number of nitrogens with zero attached hydrogens (tertiary/aromatic N) is 2. The van der Waals surface area contributed by atoms with E-state index in [1.807, 2.05) is 83.9 Å². The average Bonchev–Trinajstić information content (AvgIpc) is 3.48. The van der Waals surface area contributed by atoms with Crippen molar-refractivity contribution < 1.29 is 8.83 Å². The van der Waals surface area contributed by atoms with Gasteiger partial charge in [-0.25, -0.2) is 0 Å². The molecule has 0 saturated heterocycles. The summed E-state index contributed by atoms with van der Waals surface area (Å²) in [6.45, 7) is 0. The number of rotatable bonds is 4. The molecule has 28 heavy (non-hydrogen) atoms. The Labute approximate surface area is 167 Å². The van der Waals surface area contributed by atoms with Crippen LogP contribution in [0, 0.1) is 0 Å². The minimum absolute atomic E-state index is 0.0384. The molecule has 0 fully saturated rings. The van der Waals surface area contributed by atoms with Crippen molar-refractivity contribution in [2.24, 2.45) is 5.10 Å². The SMILES string of the molecule is Clc1ccc(-c2ccc(C3CC(c4ccco4)=NN3c3ccccc3)o2)cc1. The summed E-state index contributed by atoms with van der Waals surface area (Å²) in [5.74, 6) is 2.46. The van der Waals surface area contributed by atoms with Crippen molar-refractivity contribution in [2.45, 2.75) is 12.5 Å². The minimum atomic E-state index is -0.0384. The van der Waals surface area contributed by atoms with Crippen LogP contribution in [0.5, 0.6) is 0 Å². The van der Waals surface area contributed by atoms with Gasteiger partial charge >= 0.3 is 0 Å². The summed E-state index contributed by atoms with van der Waals surface area (Å²) >= 11 is 6.00. The van der Waals surface area contributed by atoms with E-state index < -0.39 is 0 Å². The first-order chi connectivity index (χ1) is 13.8. The van der Waals surface area contributed by atoms with Gasteiger partial charge in [-0.15, -0.1) is 0 Å². The van der Waals surface area contributed by atoms with E-state index in [0.717, 1.165) is 34.2 Å². The van der Waals surface area contributed by atoms with Crippen LogP contribution in [0.2, 0.25) is 5.02 Å². The summed E-state index contributed by atoms with van der Waals surface area (Å²) in [6.07, 6.45) is 2.37. The molecule has 1 aliphatic rings. The zero-order valence-electron chi connectivity index (χ0n) is 15.0. The highest BCUT2D eigenvalue weighted by Gasteiger charge is 2.33.